The van der Waals surface area contributed by atoms with E-state index < -0.39 is 6.04 Å². The second-order valence-corrected chi connectivity index (χ2v) is 8.32. The van der Waals surface area contributed by atoms with Gasteiger partial charge in [-0.2, -0.15) is 0 Å². The van der Waals surface area contributed by atoms with E-state index in [4.69, 9.17) is 0 Å². The number of hydrogen-bond donors (Lipinski definition) is 1. The predicted octanol–water partition coefficient (Wildman–Crippen LogP) is 1.64. The molecule has 1 aromatic carbocycles. The monoisotopic (exact) mass is 406 g/mol. The van der Waals surface area contributed by atoms with Gasteiger partial charge in [-0.15, -0.1) is 0 Å². The number of thioether (sulfide) groups is 1. The molecule has 0 aromatic heterocycles. The number of nitrogens with one attached hydrogen (secondary N) is 1. The molecule has 1 saturated heterocycles. The van der Waals surface area contributed by atoms with Crippen LogP contribution in [0.3, 0.4) is 0 Å². The predicted molar refractivity (Wildman–Crippen MR) is 112 cm³/mol. The Kier molecular flexibility index (Phi) is 8.79. The van der Waals surface area contributed by atoms with Gasteiger partial charge >= 0.3 is 6.03 Å². The number of piperazine rings is 1. The van der Waals surface area contributed by atoms with Crippen LogP contribution < -0.4 is 5.32 Å². The maximum atomic E-state index is 12.8. The number of nitrogens with zero attached hydrogens (tertiary/aromatic N) is 3. The minimum absolute atomic E-state index is 0.0266. The van der Waals surface area contributed by atoms with Crippen LogP contribution in [0.4, 0.5) is 4.79 Å². The number of amides is 3. The van der Waals surface area contributed by atoms with Gasteiger partial charge in [0.2, 0.25) is 5.91 Å². The second kappa shape index (κ2) is 11.1. The molecule has 1 atom stereocenters. The molecule has 1 aromatic rings. The molecular weight excluding hydrogens is 376 g/mol. The van der Waals surface area contributed by atoms with Gasteiger partial charge in [0.25, 0.3) is 0 Å². The van der Waals surface area contributed by atoms with Crippen LogP contribution in [0.2, 0.25) is 0 Å². The van der Waals surface area contributed by atoms with Crippen LogP contribution in [0.1, 0.15) is 19.4 Å². The van der Waals surface area contributed by atoms with Crippen molar-refractivity contribution in [3.8, 4) is 0 Å². The molecule has 1 N–H and O–H groups in total. The molecule has 3 amide bonds. The third-order valence-corrected chi connectivity index (χ3v) is 5.49. The summed E-state index contributed by atoms with van der Waals surface area (Å²) in [6.07, 6.45) is 0. The van der Waals surface area contributed by atoms with Crippen molar-refractivity contribution in [2.45, 2.75) is 26.4 Å². The zero-order valence-electron chi connectivity index (χ0n) is 16.9. The molecule has 28 heavy (non-hydrogen) atoms. The summed E-state index contributed by atoms with van der Waals surface area (Å²) in [6.45, 7) is 7.15. The summed E-state index contributed by atoms with van der Waals surface area (Å²) in [7, 11) is 2.04. The van der Waals surface area contributed by atoms with Gasteiger partial charge in [-0.3, -0.25) is 9.59 Å². The Balaban J connectivity index is 1.95. The summed E-state index contributed by atoms with van der Waals surface area (Å²) in [5, 5.41) is 2.86. The maximum absolute atomic E-state index is 12.8. The molecule has 0 saturated carbocycles. The van der Waals surface area contributed by atoms with E-state index in [-0.39, 0.29) is 17.1 Å². The number of likely N-dealkylation sites (N-methyl/N-ethyl adjacent to an activating group) is 1. The van der Waals surface area contributed by atoms with E-state index in [1.54, 1.807) is 16.7 Å². The van der Waals surface area contributed by atoms with Crippen LogP contribution in [0.5, 0.6) is 0 Å². The normalized spacial score (nSPS) is 15.8. The van der Waals surface area contributed by atoms with E-state index >= 15 is 0 Å². The maximum Gasteiger partial charge on any atom is 0.318 e. The molecule has 1 aliphatic heterocycles. The van der Waals surface area contributed by atoms with Crippen molar-refractivity contribution >= 4 is 28.8 Å². The Morgan fingerprint density at radius 2 is 1.79 bits per heavy atom. The topological polar surface area (TPSA) is 73.0 Å². The Morgan fingerprint density at radius 3 is 2.39 bits per heavy atom. The van der Waals surface area contributed by atoms with Gasteiger partial charge in [-0.25, -0.2) is 4.79 Å². The molecule has 1 unspecified atom stereocenters. The number of hydrogen-bond acceptors (Lipinski definition) is 5. The first-order valence-electron chi connectivity index (χ1n) is 9.57. The lowest BCUT2D eigenvalue weighted by Crippen LogP contribution is -2.55. The van der Waals surface area contributed by atoms with Crippen LogP contribution in [0, 0.1) is 0 Å². The zero-order chi connectivity index (χ0) is 20.5. The molecule has 7 nitrogen and oxygen atoms in total. The summed E-state index contributed by atoms with van der Waals surface area (Å²) in [4.78, 5) is 42.3. The van der Waals surface area contributed by atoms with Crippen molar-refractivity contribution in [1.82, 2.24) is 20.0 Å². The van der Waals surface area contributed by atoms with Crippen LogP contribution >= 0.6 is 11.8 Å². The Morgan fingerprint density at radius 1 is 1.14 bits per heavy atom. The Labute approximate surface area is 171 Å². The lowest BCUT2D eigenvalue weighted by atomic mass is 10.2. The number of benzene rings is 1. The van der Waals surface area contributed by atoms with Gasteiger partial charge in [-0.1, -0.05) is 42.1 Å². The van der Waals surface area contributed by atoms with Crippen LogP contribution in [-0.4, -0.2) is 83.3 Å². The number of urea groups is 1. The van der Waals surface area contributed by atoms with Crippen molar-refractivity contribution < 1.29 is 14.4 Å². The lowest BCUT2D eigenvalue weighted by Gasteiger charge is -2.34. The highest BCUT2D eigenvalue weighted by atomic mass is 32.2. The molecule has 1 fully saturated rings. The first-order chi connectivity index (χ1) is 13.4. The summed E-state index contributed by atoms with van der Waals surface area (Å²) in [5.41, 5.74) is 1.00. The second-order valence-electron chi connectivity index (χ2n) is 7.05. The first-order valence-corrected chi connectivity index (χ1v) is 10.6. The van der Waals surface area contributed by atoms with E-state index in [1.807, 2.05) is 37.4 Å². The summed E-state index contributed by atoms with van der Waals surface area (Å²) < 4.78 is 0. The molecule has 0 aliphatic carbocycles. The fraction of sp³-hybridized carbons (Fsp3) is 0.550. The Hall–Kier alpha value is -2.06. The van der Waals surface area contributed by atoms with Crippen LogP contribution in [0.25, 0.3) is 0 Å². The van der Waals surface area contributed by atoms with Crippen LogP contribution in [-0.2, 0) is 16.1 Å². The average Bonchev–Trinajstić information content (AvgIpc) is 2.67. The standard InChI is InChI=1S/C20H30N4O3S/c1-16(19(26)23-11-9-22(3)10-12-23)21-20(27)24(13-14-28-17(2)25)15-18-7-5-4-6-8-18/h4-8,16H,9-15H2,1-3H3,(H,21,27). The molecule has 1 aliphatic rings. The van der Waals surface area contributed by atoms with E-state index in [0.29, 0.717) is 31.9 Å². The highest BCUT2D eigenvalue weighted by Gasteiger charge is 2.26. The number of rotatable bonds is 7. The van der Waals surface area contributed by atoms with Crippen molar-refractivity contribution in [2.24, 2.45) is 0 Å². The van der Waals surface area contributed by atoms with Gasteiger partial charge < -0.3 is 20.0 Å². The molecule has 0 bridgehead atoms. The Bertz CT molecular complexity index is 663. The SMILES string of the molecule is CC(=O)SCCN(Cc1ccccc1)C(=O)NC(C)C(=O)N1CCN(C)CC1. The summed E-state index contributed by atoms with van der Waals surface area (Å²) >= 11 is 1.20. The van der Waals surface area contributed by atoms with Crippen molar-refractivity contribution in [1.29, 1.82) is 0 Å². The largest absolute Gasteiger partial charge is 0.338 e. The minimum atomic E-state index is -0.588. The van der Waals surface area contributed by atoms with E-state index in [1.165, 1.54) is 18.7 Å². The first kappa shape index (κ1) is 22.2. The van der Waals surface area contributed by atoms with Crippen LogP contribution in [0.15, 0.2) is 30.3 Å². The third kappa shape index (κ3) is 7.16. The van der Waals surface area contributed by atoms with Crippen molar-refractivity contribution in [3.63, 3.8) is 0 Å². The van der Waals surface area contributed by atoms with E-state index in [9.17, 15) is 14.4 Å². The molecule has 8 heteroatoms. The highest BCUT2D eigenvalue weighted by molar-refractivity contribution is 8.13. The highest BCUT2D eigenvalue weighted by Crippen LogP contribution is 2.09. The molecule has 1 heterocycles. The lowest BCUT2D eigenvalue weighted by molar-refractivity contribution is -0.134. The van der Waals surface area contributed by atoms with E-state index in [0.717, 1.165) is 18.7 Å². The molecule has 0 radical (unpaired) electrons. The third-order valence-electron chi connectivity index (χ3n) is 4.70. The quantitative estimate of drug-likeness (QED) is 0.745. The average molecular weight is 407 g/mol. The van der Waals surface area contributed by atoms with Crippen molar-refractivity contribution in [3.05, 3.63) is 35.9 Å². The smallest absolute Gasteiger partial charge is 0.318 e. The molecule has 2 rings (SSSR count). The number of carbonyl (C=O) groups excluding carboxylic acids is 3. The summed E-state index contributed by atoms with van der Waals surface area (Å²) in [6, 6.07) is 8.81. The molecule has 0 spiro atoms. The fourth-order valence-corrected chi connectivity index (χ4v) is 3.59. The van der Waals surface area contributed by atoms with Gasteiger partial charge in [-0.05, 0) is 19.5 Å². The van der Waals surface area contributed by atoms with Gasteiger partial charge in [0, 0.05) is 51.9 Å². The van der Waals surface area contributed by atoms with Gasteiger partial charge in [0.1, 0.15) is 6.04 Å². The number of carbonyl (C=O) groups is 3. The van der Waals surface area contributed by atoms with Crippen molar-refractivity contribution in [2.75, 3.05) is 45.5 Å². The zero-order valence-corrected chi connectivity index (χ0v) is 17.7. The minimum Gasteiger partial charge on any atom is -0.338 e. The fourth-order valence-electron chi connectivity index (χ4n) is 2.99. The molecular formula is C20H30N4O3S. The van der Waals surface area contributed by atoms with E-state index in [2.05, 4.69) is 10.2 Å². The molecule has 154 valence electrons. The summed E-state index contributed by atoms with van der Waals surface area (Å²) in [5.74, 6) is 0.468. The van der Waals surface area contributed by atoms with Gasteiger partial charge in [0.05, 0.1) is 0 Å². The van der Waals surface area contributed by atoms with Gasteiger partial charge in [0.15, 0.2) is 5.12 Å².